The summed E-state index contributed by atoms with van der Waals surface area (Å²) in [5.74, 6) is 1.65. The van der Waals surface area contributed by atoms with E-state index >= 15 is 0 Å². The third-order valence-electron chi connectivity index (χ3n) is 5.51. The number of ether oxygens (including phenoxy) is 1. The molecule has 0 aliphatic carbocycles. The molecule has 1 aromatic carbocycles. The smallest absolute Gasteiger partial charge is 0.280 e. The van der Waals surface area contributed by atoms with Crippen molar-refractivity contribution >= 4 is 27.8 Å². The Labute approximate surface area is 181 Å². The number of likely N-dealkylation sites (N-methyl/N-ethyl adjacent to an activating group) is 1. The number of nitrogens with one attached hydrogen (secondary N) is 1. The topological polar surface area (TPSA) is 79.3 Å². The fraction of sp³-hybridized carbons (Fsp3) is 0.348. The van der Waals surface area contributed by atoms with Gasteiger partial charge in [0.05, 0.1) is 29.2 Å². The van der Waals surface area contributed by atoms with E-state index in [0.29, 0.717) is 16.4 Å². The minimum atomic E-state index is -0.147. The first-order chi connectivity index (χ1) is 15.1. The molecule has 3 aromatic heterocycles. The highest BCUT2D eigenvalue weighted by Gasteiger charge is 2.18. The van der Waals surface area contributed by atoms with E-state index in [1.165, 1.54) is 4.68 Å². The van der Waals surface area contributed by atoms with Crippen LogP contribution in [0.25, 0.3) is 27.6 Å². The van der Waals surface area contributed by atoms with Crippen LogP contribution in [0.1, 0.15) is 13.8 Å². The molecule has 5 rings (SSSR count). The number of H-pyrrole nitrogens is 1. The molecule has 0 radical (unpaired) electrons. The number of piperazine rings is 1. The summed E-state index contributed by atoms with van der Waals surface area (Å²) < 4.78 is 6.73. The molecular weight excluding hydrogens is 392 g/mol. The van der Waals surface area contributed by atoms with E-state index in [2.05, 4.69) is 26.9 Å². The largest absolute Gasteiger partial charge is 0.497 e. The van der Waals surface area contributed by atoms with Gasteiger partial charge in [-0.2, -0.15) is 0 Å². The zero-order valence-corrected chi connectivity index (χ0v) is 18.4. The second kappa shape index (κ2) is 8.77. The summed E-state index contributed by atoms with van der Waals surface area (Å²) in [4.78, 5) is 26.9. The van der Waals surface area contributed by atoms with E-state index in [1.807, 2.05) is 50.2 Å². The molecule has 1 aliphatic rings. The van der Waals surface area contributed by atoms with Gasteiger partial charge >= 0.3 is 0 Å². The van der Waals surface area contributed by atoms with Crippen LogP contribution in [0.15, 0.2) is 47.4 Å². The van der Waals surface area contributed by atoms with Crippen LogP contribution < -0.4 is 15.2 Å². The number of pyridine rings is 2. The van der Waals surface area contributed by atoms with E-state index in [4.69, 9.17) is 9.72 Å². The summed E-state index contributed by atoms with van der Waals surface area (Å²) in [6, 6.07) is 11.3. The van der Waals surface area contributed by atoms with Crippen LogP contribution in [0.2, 0.25) is 0 Å². The lowest BCUT2D eigenvalue weighted by Gasteiger charge is -2.33. The van der Waals surface area contributed by atoms with Crippen molar-refractivity contribution in [2.75, 3.05) is 45.2 Å². The van der Waals surface area contributed by atoms with E-state index in [9.17, 15) is 4.79 Å². The number of aromatic amines is 1. The molecule has 8 nitrogen and oxygen atoms in total. The fourth-order valence-electron chi connectivity index (χ4n) is 3.74. The third-order valence-corrected chi connectivity index (χ3v) is 5.51. The van der Waals surface area contributed by atoms with Gasteiger partial charge in [-0.1, -0.05) is 13.8 Å². The van der Waals surface area contributed by atoms with E-state index in [-0.39, 0.29) is 5.56 Å². The Balaban J connectivity index is 0.00000112. The van der Waals surface area contributed by atoms with Gasteiger partial charge in [-0.25, -0.2) is 9.67 Å². The third kappa shape index (κ3) is 3.86. The number of fused-ring (bicyclic) bond motifs is 3. The Morgan fingerprint density at radius 2 is 1.71 bits per heavy atom. The summed E-state index contributed by atoms with van der Waals surface area (Å²) in [5.41, 5.74) is 2.76. The maximum absolute atomic E-state index is 13.0. The van der Waals surface area contributed by atoms with Gasteiger partial charge in [0.15, 0.2) is 0 Å². The Morgan fingerprint density at radius 3 is 2.39 bits per heavy atom. The van der Waals surface area contributed by atoms with E-state index < -0.39 is 0 Å². The van der Waals surface area contributed by atoms with Crippen molar-refractivity contribution in [2.45, 2.75) is 13.8 Å². The number of aromatic nitrogens is 4. The zero-order valence-electron chi connectivity index (χ0n) is 18.4. The number of nitrogens with zero attached hydrogens (tertiary/aromatic N) is 5. The molecular formula is C23H28N6O2. The van der Waals surface area contributed by atoms with Crippen molar-refractivity contribution < 1.29 is 4.74 Å². The first-order valence-electron chi connectivity index (χ1n) is 10.6. The lowest BCUT2D eigenvalue weighted by molar-refractivity contribution is 0.312. The fourth-order valence-corrected chi connectivity index (χ4v) is 3.74. The van der Waals surface area contributed by atoms with Crippen molar-refractivity contribution in [1.29, 1.82) is 0 Å². The molecule has 0 amide bonds. The molecule has 0 atom stereocenters. The summed E-state index contributed by atoms with van der Waals surface area (Å²) in [5, 5.41) is 3.76. The lowest BCUT2D eigenvalue weighted by Crippen LogP contribution is -2.44. The molecule has 1 N–H and O–H groups in total. The summed E-state index contributed by atoms with van der Waals surface area (Å²) in [6.07, 6.45) is 1.62. The van der Waals surface area contributed by atoms with Crippen LogP contribution >= 0.6 is 0 Å². The standard InChI is InChI=1S/C21H22N6O2.C2H6/c1-25-9-11-26(12-10-25)18-8-7-17-20(23-18)19-16(13-22-17)21(28)27(24-19)14-3-5-15(29-2)6-4-14;1-2/h3-8,13,24H,9-12H2,1-2H3;1-2H3. The summed E-state index contributed by atoms with van der Waals surface area (Å²) in [7, 11) is 3.75. The first-order valence-corrected chi connectivity index (χ1v) is 10.6. The van der Waals surface area contributed by atoms with Crippen molar-refractivity contribution in [3.63, 3.8) is 0 Å². The van der Waals surface area contributed by atoms with Gasteiger partial charge in [-0.05, 0) is 43.4 Å². The van der Waals surface area contributed by atoms with Crippen LogP contribution in [0.5, 0.6) is 5.75 Å². The van der Waals surface area contributed by atoms with Crippen LogP contribution in [0.4, 0.5) is 5.82 Å². The molecule has 1 saturated heterocycles. The molecule has 1 aliphatic heterocycles. The number of methoxy groups -OCH3 is 1. The average molecular weight is 421 g/mol. The first kappa shape index (κ1) is 20.9. The van der Waals surface area contributed by atoms with Crippen molar-refractivity contribution in [3.8, 4) is 11.4 Å². The number of hydrogen-bond donors (Lipinski definition) is 1. The summed E-state index contributed by atoms with van der Waals surface area (Å²) in [6.45, 7) is 7.88. The molecule has 0 bridgehead atoms. The minimum Gasteiger partial charge on any atom is -0.497 e. The highest BCUT2D eigenvalue weighted by atomic mass is 16.5. The maximum atomic E-state index is 13.0. The Hall–Kier alpha value is -3.39. The lowest BCUT2D eigenvalue weighted by atomic mass is 10.2. The average Bonchev–Trinajstić information content (AvgIpc) is 3.17. The van der Waals surface area contributed by atoms with Gasteiger partial charge in [-0.15, -0.1) is 0 Å². The number of benzene rings is 1. The normalized spacial score (nSPS) is 14.5. The van der Waals surface area contributed by atoms with Crippen LogP contribution in [0.3, 0.4) is 0 Å². The van der Waals surface area contributed by atoms with Gasteiger partial charge in [0.1, 0.15) is 17.1 Å². The molecule has 4 heterocycles. The number of anilines is 1. The maximum Gasteiger partial charge on any atom is 0.280 e. The molecule has 1 fully saturated rings. The molecule has 0 saturated carbocycles. The summed E-state index contributed by atoms with van der Waals surface area (Å²) >= 11 is 0. The highest BCUT2D eigenvalue weighted by Crippen LogP contribution is 2.23. The van der Waals surface area contributed by atoms with E-state index in [0.717, 1.165) is 49.0 Å². The highest BCUT2D eigenvalue weighted by molar-refractivity contribution is 6.00. The second-order valence-electron chi connectivity index (χ2n) is 7.32. The SMILES string of the molecule is CC.COc1ccc(-n2[nH]c3c(cnc4ccc(N5CCN(C)CC5)nc43)c2=O)cc1. The predicted molar refractivity (Wildman–Crippen MR) is 125 cm³/mol. The van der Waals surface area contributed by atoms with Gasteiger partial charge < -0.3 is 14.5 Å². The van der Waals surface area contributed by atoms with Gasteiger partial charge in [0.2, 0.25) is 0 Å². The Morgan fingerprint density at radius 1 is 1.00 bits per heavy atom. The van der Waals surface area contributed by atoms with Crippen LogP contribution in [-0.4, -0.2) is 65.0 Å². The van der Waals surface area contributed by atoms with Gasteiger partial charge in [0.25, 0.3) is 5.56 Å². The minimum absolute atomic E-state index is 0.147. The Bertz CT molecular complexity index is 1240. The van der Waals surface area contributed by atoms with Crippen molar-refractivity contribution in [1.82, 2.24) is 24.6 Å². The van der Waals surface area contributed by atoms with Crippen molar-refractivity contribution in [3.05, 3.63) is 52.9 Å². The predicted octanol–water partition coefficient (Wildman–Crippen LogP) is 3.05. The number of rotatable bonds is 3. The molecule has 0 spiro atoms. The molecule has 8 heteroatoms. The Kier molecular flexibility index (Phi) is 5.90. The zero-order chi connectivity index (χ0) is 22.0. The van der Waals surface area contributed by atoms with Crippen molar-refractivity contribution in [2.24, 2.45) is 0 Å². The number of hydrogen-bond acceptors (Lipinski definition) is 6. The van der Waals surface area contributed by atoms with Gasteiger partial charge in [-0.3, -0.25) is 14.9 Å². The van der Waals surface area contributed by atoms with Gasteiger partial charge in [0, 0.05) is 32.4 Å². The second-order valence-corrected chi connectivity index (χ2v) is 7.32. The molecule has 4 aromatic rings. The van der Waals surface area contributed by atoms with Crippen LogP contribution in [-0.2, 0) is 0 Å². The monoisotopic (exact) mass is 420 g/mol. The molecule has 162 valence electrons. The molecule has 0 unspecified atom stereocenters. The quantitative estimate of drug-likeness (QED) is 0.549. The van der Waals surface area contributed by atoms with E-state index in [1.54, 1.807) is 13.3 Å². The molecule has 31 heavy (non-hydrogen) atoms. The van der Waals surface area contributed by atoms with Crippen LogP contribution in [0, 0.1) is 0 Å².